The average Bonchev–Trinajstić information content (AvgIpc) is 2.90. The molecule has 36 heavy (non-hydrogen) atoms. The van der Waals surface area contributed by atoms with Crippen LogP contribution in [-0.4, -0.2) is 57.0 Å². The number of aromatic hydroxyl groups is 2. The molecular formula is C25H26N4O7. The van der Waals surface area contributed by atoms with E-state index in [4.69, 9.17) is 18.9 Å². The predicted molar refractivity (Wildman–Crippen MR) is 135 cm³/mol. The van der Waals surface area contributed by atoms with Gasteiger partial charge in [-0.25, -0.2) is 5.43 Å². The van der Waals surface area contributed by atoms with Gasteiger partial charge in [0, 0.05) is 16.7 Å². The Morgan fingerprint density at radius 3 is 1.56 bits per heavy atom. The van der Waals surface area contributed by atoms with Crippen LogP contribution in [0.4, 0.5) is 5.69 Å². The number of ether oxygens (including phenoxy) is 4. The van der Waals surface area contributed by atoms with Crippen LogP contribution in [0.2, 0.25) is 0 Å². The lowest BCUT2D eigenvalue weighted by Crippen LogP contribution is -2.17. The Morgan fingerprint density at radius 2 is 1.14 bits per heavy atom. The number of hydrogen-bond donors (Lipinski definition) is 4. The van der Waals surface area contributed by atoms with E-state index < -0.39 is 5.91 Å². The average molecular weight is 495 g/mol. The van der Waals surface area contributed by atoms with Crippen molar-refractivity contribution in [2.45, 2.75) is 0 Å². The van der Waals surface area contributed by atoms with E-state index in [-0.39, 0.29) is 34.5 Å². The normalized spacial score (nSPS) is 10.9. The summed E-state index contributed by atoms with van der Waals surface area (Å²) >= 11 is 0. The van der Waals surface area contributed by atoms with Crippen LogP contribution in [-0.2, 0) is 0 Å². The summed E-state index contributed by atoms with van der Waals surface area (Å²) in [7, 11) is 5.72. The van der Waals surface area contributed by atoms with Crippen molar-refractivity contribution < 1.29 is 34.0 Å². The number of carbonyl (C=O) groups excluding carboxylic acids is 1. The lowest BCUT2D eigenvalue weighted by Gasteiger charge is -2.09. The van der Waals surface area contributed by atoms with Crippen molar-refractivity contribution in [1.29, 1.82) is 0 Å². The maximum atomic E-state index is 12.4. The molecule has 0 radical (unpaired) electrons. The van der Waals surface area contributed by atoms with Crippen LogP contribution < -0.4 is 29.8 Å². The highest BCUT2D eigenvalue weighted by Crippen LogP contribution is 2.37. The number of nitrogens with zero attached hydrogens (tertiary/aromatic N) is 2. The number of amides is 1. The summed E-state index contributed by atoms with van der Waals surface area (Å²) in [6.45, 7) is 0. The number of anilines is 1. The van der Waals surface area contributed by atoms with Crippen LogP contribution >= 0.6 is 0 Å². The molecule has 0 bridgehead atoms. The fraction of sp³-hybridized carbons (Fsp3) is 0.160. The molecule has 188 valence electrons. The number of benzene rings is 3. The van der Waals surface area contributed by atoms with Crippen molar-refractivity contribution in [2.24, 2.45) is 10.2 Å². The summed E-state index contributed by atoms with van der Waals surface area (Å²) in [4.78, 5) is 12.4. The van der Waals surface area contributed by atoms with E-state index in [1.165, 1.54) is 40.9 Å². The molecule has 0 aliphatic heterocycles. The number of hydrogen-bond acceptors (Lipinski definition) is 10. The van der Waals surface area contributed by atoms with Gasteiger partial charge in [-0.05, 0) is 48.5 Å². The molecule has 0 unspecified atom stereocenters. The van der Waals surface area contributed by atoms with Gasteiger partial charge in [0.15, 0.2) is 23.0 Å². The zero-order valence-electron chi connectivity index (χ0n) is 20.1. The molecule has 0 aliphatic rings. The van der Waals surface area contributed by atoms with Crippen LogP contribution in [0.1, 0.15) is 21.5 Å². The van der Waals surface area contributed by atoms with E-state index in [0.29, 0.717) is 22.4 Å². The fourth-order valence-corrected chi connectivity index (χ4v) is 3.08. The number of phenolic OH excluding ortho intramolecular Hbond substituents is 2. The second-order valence-corrected chi connectivity index (χ2v) is 7.19. The van der Waals surface area contributed by atoms with E-state index in [0.717, 1.165) is 0 Å². The summed E-state index contributed by atoms with van der Waals surface area (Å²) in [6.07, 6.45) is 2.94. The van der Waals surface area contributed by atoms with Crippen LogP contribution in [0, 0.1) is 0 Å². The van der Waals surface area contributed by atoms with E-state index in [2.05, 4.69) is 21.1 Å². The lowest BCUT2D eigenvalue weighted by atomic mass is 10.2. The highest BCUT2D eigenvalue weighted by Gasteiger charge is 2.11. The van der Waals surface area contributed by atoms with Crippen molar-refractivity contribution in [3.63, 3.8) is 0 Å². The molecule has 3 rings (SSSR count). The van der Waals surface area contributed by atoms with Gasteiger partial charge in [-0.3, -0.25) is 10.2 Å². The highest BCUT2D eigenvalue weighted by atomic mass is 16.5. The SMILES string of the molecule is COc1cc(/C=N/NC(=O)c2ccc(N/N=C/c3cc(OC)c(O)c(OC)c3)cc2)cc(OC)c1O. The maximum Gasteiger partial charge on any atom is 0.271 e. The Labute approximate surface area is 207 Å². The van der Waals surface area contributed by atoms with Gasteiger partial charge >= 0.3 is 0 Å². The number of rotatable bonds is 10. The fourth-order valence-electron chi connectivity index (χ4n) is 3.08. The number of phenols is 2. The van der Waals surface area contributed by atoms with Gasteiger partial charge in [-0.1, -0.05) is 0 Å². The zero-order chi connectivity index (χ0) is 26.1. The molecule has 0 aromatic heterocycles. The van der Waals surface area contributed by atoms with E-state index >= 15 is 0 Å². The van der Waals surface area contributed by atoms with Crippen LogP contribution in [0.25, 0.3) is 0 Å². The summed E-state index contributed by atoms with van der Waals surface area (Å²) in [5.74, 6) is 0.331. The van der Waals surface area contributed by atoms with E-state index in [9.17, 15) is 15.0 Å². The maximum absolute atomic E-state index is 12.4. The first-order valence-corrected chi connectivity index (χ1v) is 10.5. The molecule has 0 spiro atoms. The molecule has 0 saturated heterocycles. The standard InChI is InChI=1S/C25H26N4O7/c1-33-19-9-15(10-20(34-2)23(19)30)13-26-28-18-7-5-17(6-8-18)25(32)29-27-14-16-11-21(35-3)24(31)22(12-16)36-4/h5-14,28,30-31H,1-4H3,(H,29,32)/b26-13+,27-14+. The third-order valence-electron chi connectivity index (χ3n) is 4.94. The van der Waals surface area contributed by atoms with Gasteiger partial charge in [0.25, 0.3) is 5.91 Å². The first kappa shape index (κ1) is 25.7. The Balaban J connectivity index is 1.60. The van der Waals surface area contributed by atoms with Gasteiger partial charge in [-0.2, -0.15) is 10.2 Å². The summed E-state index contributed by atoms with van der Waals surface area (Å²) in [5, 5.41) is 28.0. The smallest absolute Gasteiger partial charge is 0.271 e. The molecule has 0 aliphatic carbocycles. The molecule has 11 heteroatoms. The quantitative estimate of drug-likeness (QED) is 0.248. The van der Waals surface area contributed by atoms with Crippen molar-refractivity contribution in [3.05, 3.63) is 65.2 Å². The summed E-state index contributed by atoms with van der Waals surface area (Å²) in [5.41, 5.74) is 7.53. The second-order valence-electron chi connectivity index (χ2n) is 7.19. The van der Waals surface area contributed by atoms with Crippen LogP contribution in [0.3, 0.4) is 0 Å². The first-order valence-electron chi connectivity index (χ1n) is 10.5. The molecule has 4 N–H and O–H groups in total. The molecule has 3 aromatic rings. The van der Waals surface area contributed by atoms with Gasteiger partial charge in [0.05, 0.1) is 46.6 Å². The molecule has 11 nitrogen and oxygen atoms in total. The van der Waals surface area contributed by atoms with Crippen molar-refractivity contribution >= 4 is 24.0 Å². The van der Waals surface area contributed by atoms with Gasteiger partial charge in [0.1, 0.15) is 0 Å². The summed E-state index contributed by atoms with van der Waals surface area (Å²) in [6, 6.07) is 12.9. The zero-order valence-corrected chi connectivity index (χ0v) is 20.1. The van der Waals surface area contributed by atoms with E-state index in [1.807, 2.05) is 0 Å². The molecule has 3 aromatic carbocycles. The number of hydrazone groups is 2. The van der Waals surface area contributed by atoms with Gasteiger partial charge in [0.2, 0.25) is 11.5 Å². The Hall–Kier alpha value is -4.93. The monoisotopic (exact) mass is 494 g/mol. The second kappa shape index (κ2) is 12.0. The van der Waals surface area contributed by atoms with Crippen LogP contribution in [0.5, 0.6) is 34.5 Å². The number of carbonyl (C=O) groups is 1. The topological polar surface area (TPSA) is 143 Å². The number of nitrogens with one attached hydrogen (secondary N) is 2. The minimum atomic E-state index is -0.415. The molecule has 0 saturated carbocycles. The largest absolute Gasteiger partial charge is 0.502 e. The molecule has 0 fully saturated rings. The first-order chi connectivity index (χ1) is 17.4. The van der Waals surface area contributed by atoms with Gasteiger partial charge < -0.3 is 29.2 Å². The third kappa shape index (κ3) is 6.14. The van der Waals surface area contributed by atoms with Crippen LogP contribution in [0.15, 0.2) is 58.7 Å². The number of methoxy groups -OCH3 is 4. The predicted octanol–water partition coefficient (Wildman–Crippen LogP) is 3.34. The summed E-state index contributed by atoms with van der Waals surface area (Å²) < 4.78 is 20.4. The van der Waals surface area contributed by atoms with Crippen molar-refractivity contribution in [1.82, 2.24) is 5.43 Å². The minimum absolute atomic E-state index is 0.0918. The van der Waals surface area contributed by atoms with E-state index in [1.54, 1.807) is 48.5 Å². The Kier molecular flexibility index (Phi) is 8.54. The van der Waals surface area contributed by atoms with Crippen molar-refractivity contribution in [3.8, 4) is 34.5 Å². The molecule has 0 atom stereocenters. The molecule has 1 amide bonds. The van der Waals surface area contributed by atoms with Gasteiger partial charge in [-0.15, -0.1) is 0 Å². The highest BCUT2D eigenvalue weighted by molar-refractivity contribution is 5.95. The molecular weight excluding hydrogens is 468 g/mol. The Morgan fingerprint density at radius 1 is 0.722 bits per heavy atom. The Bertz CT molecular complexity index is 1220. The lowest BCUT2D eigenvalue weighted by molar-refractivity contribution is 0.0955. The van der Waals surface area contributed by atoms with Crippen molar-refractivity contribution in [2.75, 3.05) is 33.9 Å². The minimum Gasteiger partial charge on any atom is -0.502 e. The molecule has 0 heterocycles. The third-order valence-corrected chi connectivity index (χ3v) is 4.94.